The zero-order valence-electron chi connectivity index (χ0n) is 22.1. The Labute approximate surface area is 202 Å². The average molecular weight is 441 g/mol. The Morgan fingerprint density at radius 2 is 0.938 bits per heavy atom. The molecule has 0 aliphatic rings. The maximum absolute atomic E-state index is 4.05. The van der Waals surface area contributed by atoms with Gasteiger partial charge in [-0.3, -0.25) is 0 Å². The van der Waals surface area contributed by atoms with Crippen LogP contribution in [0.4, 0.5) is 0 Å². The molecular formula is C32H56. The lowest BCUT2D eigenvalue weighted by atomic mass is 9.96. The first kappa shape index (κ1) is 29.0. The molecular weight excluding hydrogens is 384 g/mol. The summed E-state index contributed by atoms with van der Waals surface area (Å²) in [4.78, 5) is 0. The van der Waals surface area contributed by atoms with Crippen LogP contribution in [0.1, 0.15) is 159 Å². The Morgan fingerprint density at radius 3 is 1.38 bits per heavy atom. The van der Waals surface area contributed by atoms with Crippen LogP contribution >= 0.6 is 0 Å². The third kappa shape index (κ3) is 15.7. The number of unbranched alkanes of at least 4 members (excludes halogenated alkanes) is 18. The van der Waals surface area contributed by atoms with E-state index in [2.05, 4.69) is 44.7 Å². The van der Waals surface area contributed by atoms with E-state index in [1.807, 2.05) is 0 Å². The molecule has 0 saturated carbocycles. The fourth-order valence-corrected chi connectivity index (χ4v) is 4.85. The number of benzene rings is 1. The average Bonchev–Trinajstić information content (AvgIpc) is 2.81. The summed E-state index contributed by atoms with van der Waals surface area (Å²) in [6, 6.07) is 7.13. The van der Waals surface area contributed by atoms with Crippen molar-refractivity contribution >= 4 is 6.08 Å². The smallest absolute Gasteiger partial charge is 0.0230 e. The molecule has 0 spiro atoms. The highest BCUT2D eigenvalue weighted by Crippen LogP contribution is 2.20. The highest BCUT2D eigenvalue weighted by atomic mass is 14.1. The van der Waals surface area contributed by atoms with Crippen molar-refractivity contribution in [2.75, 3.05) is 0 Å². The van der Waals surface area contributed by atoms with E-state index in [1.54, 1.807) is 0 Å². The molecule has 1 rings (SSSR count). The molecule has 184 valence electrons. The molecule has 0 fully saturated rings. The standard InChI is InChI=1S/C32H56/c1-4-7-9-11-13-15-17-19-21-23-25-30-27-28-31(6-3)32(29-30)26-24-22-20-18-16-14-12-10-8-5-2/h6,27-29H,3-5,7-26H2,1-2H3. The molecule has 0 aliphatic carbocycles. The minimum atomic E-state index is 1.23. The van der Waals surface area contributed by atoms with Crippen molar-refractivity contribution < 1.29 is 0 Å². The van der Waals surface area contributed by atoms with E-state index in [0.29, 0.717) is 0 Å². The summed E-state index contributed by atoms with van der Waals surface area (Å²) in [5.41, 5.74) is 4.43. The van der Waals surface area contributed by atoms with Gasteiger partial charge in [0, 0.05) is 0 Å². The van der Waals surface area contributed by atoms with Gasteiger partial charge < -0.3 is 0 Å². The molecule has 1 aromatic rings. The molecule has 0 radical (unpaired) electrons. The van der Waals surface area contributed by atoms with Crippen LogP contribution in [-0.2, 0) is 12.8 Å². The van der Waals surface area contributed by atoms with E-state index in [1.165, 1.54) is 158 Å². The zero-order valence-corrected chi connectivity index (χ0v) is 22.1. The molecule has 32 heavy (non-hydrogen) atoms. The normalized spacial score (nSPS) is 11.2. The number of rotatable bonds is 23. The van der Waals surface area contributed by atoms with Gasteiger partial charge in [0.2, 0.25) is 0 Å². The lowest BCUT2D eigenvalue weighted by molar-refractivity contribution is 0.555. The van der Waals surface area contributed by atoms with Crippen LogP contribution in [-0.4, -0.2) is 0 Å². The van der Waals surface area contributed by atoms with Gasteiger partial charge in [0.1, 0.15) is 0 Å². The third-order valence-electron chi connectivity index (χ3n) is 7.05. The van der Waals surface area contributed by atoms with Gasteiger partial charge in [-0.1, -0.05) is 160 Å². The fourth-order valence-electron chi connectivity index (χ4n) is 4.85. The molecule has 0 amide bonds. The van der Waals surface area contributed by atoms with Crippen LogP contribution in [0.25, 0.3) is 6.08 Å². The Balaban J connectivity index is 2.14. The van der Waals surface area contributed by atoms with Gasteiger partial charge in [-0.25, -0.2) is 0 Å². The molecule has 1 aromatic carbocycles. The molecule has 0 saturated heterocycles. The van der Waals surface area contributed by atoms with E-state index in [9.17, 15) is 0 Å². The molecule has 0 atom stereocenters. The minimum Gasteiger partial charge on any atom is -0.0985 e. The predicted octanol–water partition coefficient (Wildman–Crippen LogP) is 11.3. The van der Waals surface area contributed by atoms with Crippen molar-refractivity contribution in [3.05, 3.63) is 41.5 Å². The Hall–Kier alpha value is -1.04. The maximum Gasteiger partial charge on any atom is -0.0230 e. The Morgan fingerprint density at radius 1 is 0.531 bits per heavy atom. The first-order valence-electron chi connectivity index (χ1n) is 14.6. The van der Waals surface area contributed by atoms with E-state index in [4.69, 9.17) is 0 Å². The third-order valence-corrected chi connectivity index (χ3v) is 7.05. The van der Waals surface area contributed by atoms with Crippen molar-refractivity contribution in [1.29, 1.82) is 0 Å². The molecule has 0 heterocycles. The van der Waals surface area contributed by atoms with Crippen LogP contribution in [0, 0.1) is 0 Å². The van der Waals surface area contributed by atoms with Gasteiger partial charge in [0.15, 0.2) is 0 Å². The predicted molar refractivity (Wildman–Crippen MR) is 148 cm³/mol. The second-order valence-corrected chi connectivity index (χ2v) is 10.1. The van der Waals surface area contributed by atoms with Crippen molar-refractivity contribution in [3.63, 3.8) is 0 Å². The summed E-state index contributed by atoms with van der Waals surface area (Å²) in [7, 11) is 0. The molecule has 0 nitrogen and oxygen atoms in total. The van der Waals surface area contributed by atoms with Gasteiger partial charge in [-0.2, -0.15) is 0 Å². The summed E-state index contributed by atoms with van der Waals surface area (Å²) >= 11 is 0. The second kappa shape index (κ2) is 21.8. The minimum absolute atomic E-state index is 1.23. The van der Waals surface area contributed by atoms with Crippen molar-refractivity contribution in [3.8, 4) is 0 Å². The fraction of sp³-hybridized carbons (Fsp3) is 0.750. The van der Waals surface area contributed by atoms with Crippen molar-refractivity contribution in [2.24, 2.45) is 0 Å². The molecule has 0 aliphatic heterocycles. The van der Waals surface area contributed by atoms with Gasteiger partial charge in [-0.15, -0.1) is 0 Å². The quantitative estimate of drug-likeness (QED) is 0.148. The van der Waals surface area contributed by atoms with E-state index in [-0.39, 0.29) is 0 Å². The lowest BCUT2D eigenvalue weighted by Gasteiger charge is -2.10. The molecule has 0 bridgehead atoms. The van der Waals surface area contributed by atoms with Crippen molar-refractivity contribution in [1.82, 2.24) is 0 Å². The van der Waals surface area contributed by atoms with Gasteiger partial charge in [-0.05, 0) is 42.4 Å². The SMILES string of the molecule is C=Cc1ccc(CCCCCCCCCCCC)cc1CCCCCCCCCCCC. The monoisotopic (exact) mass is 440 g/mol. The topological polar surface area (TPSA) is 0 Å². The van der Waals surface area contributed by atoms with Crippen LogP contribution in [0.2, 0.25) is 0 Å². The summed E-state index contributed by atoms with van der Waals surface area (Å²) in [6.07, 6.45) is 32.8. The summed E-state index contributed by atoms with van der Waals surface area (Å²) in [5, 5.41) is 0. The van der Waals surface area contributed by atoms with E-state index < -0.39 is 0 Å². The van der Waals surface area contributed by atoms with Gasteiger partial charge >= 0.3 is 0 Å². The maximum atomic E-state index is 4.05. The van der Waals surface area contributed by atoms with Crippen LogP contribution in [0.5, 0.6) is 0 Å². The van der Waals surface area contributed by atoms with Crippen LogP contribution in [0.3, 0.4) is 0 Å². The largest absolute Gasteiger partial charge is 0.0985 e. The number of hydrogen-bond acceptors (Lipinski definition) is 0. The zero-order chi connectivity index (χ0) is 23.1. The summed E-state index contributed by atoms with van der Waals surface area (Å²) in [6.45, 7) is 8.64. The Bertz CT molecular complexity index is 541. The highest BCUT2D eigenvalue weighted by molar-refractivity contribution is 5.53. The summed E-state index contributed by atoms with van der Waals surface area (Å²) in [5.74, 6) is 0. The van der Waals surface area contributed by atoms with Crippen molar-refractivity contribution in [2.45, 2.75) is 155 Å². The van der Waals surface area contributed by atoms with Crippen LogP contribution < -0.4 is 0 Å². The van der Waals surface area contributed by atoms with Crippen LogP contribution in [0.15, 0.2) is 24.8 Å². The first-order valence-corrected chi connectivity index (χ1v) is 14.6. The van der Waals surface area contributed by atoms with Gasteiger partial charge in [0.25, 0.3) is 0 Å². The molecule has 0 N–H and O–H groups in total. The van der Waals surface area contributed by atoms with Gasteiger partial charge in [0.05, 0.1) is 0 Å². The number of aryl methyl sites for hydroxylation is 2. The lowest BCUT2D eigenvalue weighted by Crippen LogP contribution is -1.94. The molecule has 0 unspecified atom stereocenters. The highest BCUT2D eigenvalue weighted by Gasteiger charge is 2.03. The van der Waals surface area contributed by atoms with E-state index in [0.717, 1.165) is 0 Å². The molecule has 0 aromatic heterocycles. The first-order chi connectivity index (χ1) is 15.8. The molecule has 0 heteroatoms. The number of hydrogen-bond donors (Lipinski definition) is 0. The second-order valence-electron chi connectivity index (χ2n) is 10.1. The summed E-state index contributed by atoms with van der Waals surface area (Å²) < 4.78 is 0. The Kier molecular flexibility index (Phi) is 19.7. The van der Waals surface area contributed by atoms with E-state index >= 15 is 0 Å².